The van der Waals surface area contributed by atoms with Crippen LogP contribution in [0.25, 0.3) is 0 Å². The zero-order valence-electron chi connectivity index (χ0n) is 15.9. The van der Waals surface area contributed by atoms with Gasteiger partial charge in [-0.3, -0.25) is 0 Å². The van der Waals surface area contributed by atoms with E-state index in [1.807, 2.05) is 0 Å². The van der Waals surface area contributed by atoms with Gasteiger partial charge >= 0.3 is 0 Å². The van der Waals surface area contributed by atoms with E-state index in [0.717, 1.165) is 32.1 Å². The first-order valence-corrected chi connectivity index (χ1v) is 9.39. The van der Waals surface area contributed by atoms with Crippen LogP contribution in [0.2, 0.25) is 0 Å². The SMILES string of the molecule is C=C1C[C@H](CCC)OC1CC[C@H]1C[C@@H](C)C(=C)[C@@H](C(C)(C)C)O1. The van der Waals surface area contributed by atoms with Gasteiger partial charge in [0.15, 0.2) is 0 Å². The summed E-state index contributed by atoms with van der Waals surface area (Å²) in [6.45, 7) is 19.8. The van der Waals surface area contributed by atoms with Crippen molar-refractivity contribution in [2.24, 2.45) is 11.3 Å². The lowest BCUT2D eigenvalue weighted by Crippen LogP contribution is -2.41. The third-order valence-corrected chi connectivity index (χ3v) is 5.36. The second-order valence-electron chi connectivity index (χ2n) is 8.69. The van der Waals surface area contributed by atoms with Gasteiger partial charge in [-0.1, -0.05) is 54.2 Å². The first kappa shape index (κ1) is 18.7. The Bertz CT molecular complexity index is 432. The molecule has 0 aliphatic carbocycles. The summed E-state index contributed by atoms with van der Waals surface area (Å²) >= 11 is 0. The van der Waals surface area contributed by atoms with Crippen molar-refractivity contribution >= 4 is 0 Å². The summed E-state index contributed by atoms with van der Waals surface area (Å²) < 4.78 is 12.6. The molecule has 2 aliphatic rings. The third-order valence-electron chi connectivity index (χ3n) is 5.36. The summed E-state index contributed by atoms with van der Waals surface area (Å²) in [5.74, 6) is 0.540. The van der Waals surface area contributed by atoms with Gasteiger partial charge in [0.25, 0.3) is 0 Å². The monoisotopic (exact) mass is 320 g/mol. The highest BCUT2D eigenvalue weighted by atomic mass is 16.5. The second-order valence-corrected chi connectivity index (χ2v) is 8.69. The standard InChI is InChI=1S/C21H36O2/c1-8-9-17-13-15(3)19(22-17)11-10-18-12-14(2)16(4)20(23-18)21(5,6)7/h14,17-20H,3-4,8-13H2,1-2,5-7H3/t14-,17+,18+,19?,20+/m1/s1. The van der Waals surface area contributed by atoms with Crippen molar-refractivity contribution in [1.82, 2.24) is 0 Å². The molecule has 0 radical (unpaired) electrons. The topological polar surface area (TPSA) is 18.5 Å². The maximum absolute atomic E-state index is 6.42. The highest BCUT2D eigenvalue weighted by molar-refractivity contribution is 5.14. The first-order chi connectivity index (χ1) is 10.7. The van der Waals surface area contributed by atoms with Gasteiger partial charge in [-0.15, -0.1) is 0 Å². The molecule has 0 spiro atoms. The number of rotatable bonds is 5. The van der Waals surface area contributed by atoms with Crippen LogP contribution in [-0.2, 0) is 9.47 Å². The van der Waals surface area contributed by atoms with Crippen molar-refractivity contribution in [3.63, 3.8) is 0 Å². The van der Waals surface area contributed by atoms with E-state index in [1.165, 1.54) is 17.6 Å². The number of hydrogen-bond donors (Lipinski definition) is 0. The Morgan fingerprint density at radius 2 is 1.74 bits per heavy atom. The number of ether oxygens (including phenoxy) is 2. The molecule has 23 heavy (non-hydrogen) atoms. The van der Waals surface area contributed by atoms with Gasteiger partial charge < -0.3 is 9.47 Å². The smallest absolute Gasteiger partial charge is 0.0836 e. The predicted molar refractivity (Wildman–Crippen MR) is 97.6 cm³/mol. The normalized spacial score (nSPS) is 35.8. The van der Waals surface area contributed by atoms with E-state index in [9.17, 15) is 0 Å². The van der Waals surface area contributed by atoms with Crippen LogP contribution < -0.4 is 0 Å². The van der Waals surface area contributed by atoms with Gasteiger partial charge in [-0.25, -0.2) is 0 Å². The van der Waals surface area contributed by atoms with Crippen LogP contribution in [0.15, 0.2) is 24.3 Å². The minimum Gasteiger partial charge on any atom is -0.370 e. The Balaban J connectivity index is 1.88. The van der Waals surface area contributed by atoms with Crippen LogP contribution in [0.1, 0.15) is 73.1 Å². The molecule has 0 aromatic heterocycles. The Morgan fingerprint density at radius 1 is 1.04 bits per heavy atom. The van der Waals surface area contributed by atoms with Gasteiger partial charge in [0.2, 0.25) is 0 Å². The summed E-state index contributed by atoms with van der Waals surface area (Å²) in [6, 6.07) is 0. The summed E-state index contributed by atoms with van der Waals surface area (Å²) in [6.07, 6.45) is 7.69. The van der Waals surface area contributed by atoms with Gasteiger partial charge in [0.05, 0.1) is 24.4 Å². The van der Waals surface area contributed by atoms with Crippen LogP contribution in [0.5, 0.6) is 0 Å². The van der Waals surface area contributed by atoms with E-state index in [4.69, 9.17) is 9.47 Å². The van der Waals surface area contributed by atoms with Gasteiger partial charge in [-0.2, -0.15) is 0 Å². The van der Waals surface area contributed by atoms with Crippen molar-refractivity contribution in [2.75, 3.05) is 0 Å². The Kier molecular flexibility index (Phi) is 6.13. The molecule has 132 valence electrons. The summed E-state index contributed by atoms with van der Waals surface area (Å²) in [4.78, 5) is 0. The number of hydrogen-bond acceptors (Lipinski definition) is 2. The molecular weight excluding hydrogens is 284 g/mol. The maximum atomic E-state index is 6.42. The molecule has 2 saturated heterocycles. The van der Waals surface area contributed by atoms with Crippen LogP contribution in [0, 0.1) is 11.3 Å². The van der Waals surface area contributed by atoms with Crippen LogP contribution in [0.4, 0.5) is 0 Å². The molecule has 2 fully saturated rings. The fraction of sp³-hybridized carbons (Fsp3) is 0.810. The lowest BCUT2D eigenvalue weighted by atomic mass is 9.76. The average Bonchev–Trinajstić information content (AvgIpc) is 2.79. The minimum atomic E-state index is 0.115. The average molecular weight is 321 g/mol. The van der Waals surface area contributed by atoms with Gasteiger partial charge in [0, 0.05) is 0 Å². The fourth-order valence-electron chi connectivity index (χ4n) is 3.99. The lowest BCUT2D eigenvalue weighted by Gasteiger charge is -2.42. The minimum absolute atomic E-state index is 0.115. The second kappa shape index (κ2) is 7.53. The maximum Gasteiger partial charge on any atom is 0.0836 e. The van der Waals surface area contributed by atoms with Crippen molar-refractivity contribution in [2.45, 2.75) is 97.6 Å². The molecule has 2 nitrogen and oxygen atoms in total. The summed E-state index contributed by atoms with van der Waals surface area (Å²) in [7, 11) is 0. The Morgan fingerprint density at radius 3 is 2.35 bits per heavy atom. The molecule has 5 atom stereocenters. The lowest BCUT2D eigenvalue weighted by molar-refractivity contribution is -0.0858. The first-order valence-electron chi connectivity index (χ1n) is 9.39. The molecule has 0 amide bonds. The molecule has 0 aromatic carbocycles. The zero-order chi connectivity index (χ0) is 17.2. The van der Waals surface area contributed by atoms with Crippen molar-refractivity contribution in [3.05, 3.63) is 24.3 Å². The van der Waals surface area contributed by atoms with Crippen molar-refractivity contribution < 1.29 is 9.47 Å². The summed E-state index contributed by atoms with van der Waals surface area (Å²) in [5.41, 5.74) is 2.66. The van der Waals surface area contributed by atoms with E-state index < -0.39 is 0 Å². The van der Waals surface area contributed by atoms with Crippen molar-refractivity contribution in [3.8, 4) is 0 Å². The molecule has 2 heterocycles. The Hall–Kier alpha value is -0.600. The highest BCUT2D eigenvalue weighted by Crippen LogP contribution is 2.40. The molecule has 0 bridgehead atoms. The van der Waals surface area contributed by atoms with E-state index in [1.54, 1.807) is 0 Å². The quantitative estimate of drug-likeness (QED) is 0.607. The zero-order valence-corrected chi connectivity index (χ0v) is 15.9. The highest BCUT2D eigenvalue weighted by Gasteiger charge is 2.38. The molecule has 2 aliphatic heterocycles. The molecule has 0 N–H and O–H groups in total. The molecule has 0 saturated carbocycles. The van der Waals surface area contributed by atoms with Gasteiger partial charge in [-0.05, 0) is 54.6 Å². The Labute approximate surface area is 143 Å². The molecule has 1 unspecified atom stereocenters. The van der Waals surface area contributed by atoms with E-state index in [0.29, 0.717) is 18.1 Å². The molecule has 2 heteroatoms. The molecule has 2 rings (SSSR count). The van der Waals surface area contributed by atoms with Gasteiger partial charge in [0.1, 0.15) is 0 Å². The van der Waals surface area contributed by atoms with Crippen LogP contribution >= 0.6 is 0 Å². The van der Waals surface area contributed by atoms with Crippen molar-refractivity contribution in [1.29, 1.82) is 0 Å². The molecular formula is C21H36O2. The molecule has 0 aromatic rings. The summed E-state index contributed by atoms with van der Waals surface area (Å²) in [5, 5.41) is 0. The third kappa shape index (κ3) is 4.70. The fourth-order valence-corrected chi connectivity index (χ4v) is 3.99. The van der Waals surface area contributed by atoms with Crippen LogP contribution in [-0.4, -0.2) is 24.4 Å². The largest absolute Gasteiger partial charge is 0.370 e. The van der Waals surface area contributed by atoms with E-state index in [2.05, 4.69) is 47.8 Å². The van der Waals surface area contributed by atoms with Crippen LogP contribution in [0.3, 0.4) is 0 Å². The van der Waals surface area contributed by atoms with E-state index >= 15 is 0 Å². The predicted octanol–water partition coefficient (Wildman–Crippen LogP) is 5.68. The van der Waals surface area contributed by atoms with E-state index in [-0.39, 0.29) is 17.6 Å².